The Kier molecular flexibility index (Phi) is 3.13. The maximum atomic E-state index is 12.6. The molecule has 0 bridgehead atoms. The van der Waals surface area contributed by atoms with Gasteiger partial charge in [0.1, 0.15) is 8.24 Å². The Labute approximate surface area is 88.4 Å². The lowest BCUT2D eigenvalue weighted by Crippen LogP contribution is -2.33. The molecule has 0 atom stereocenters. The Morgan fingerprint density at radius 1 is 1.07 bits per heavy atom. The van der Waals surface area contributed by atoms with E-state index in [0.717, 1.165) is 6.07 Å². The zero-order chi connectivity index (χ0) is 11.7. The molecule has 0 fully saturated rings. The van der Waals surface area contributed by atoms with Crippen LogP contribution in [0.15, 0.2) is 24.3 Å². The van der Waals surface area contributed by atoms with Crippen molar-refractivity contribution >= 4 is 13.9 Å². The molecule has 1 aromatic rings. The van der Waals surface area contributed by atoms with E-state index >= 15 is 0 Å². The molecular weight excluding hydrogens is 219 g/mol. The summed E-state index contributed by atoms with van der Waals surface area (Å²) in [6.07, 6.45) is -4.29. The van der Waals surface area contributed by atoms with Gasteiger partial charge in [-0.3, -0.25) is 0 Å². The highest BCUT2D eigenvalue weighted by molar-refractivity contribution is 6.79. The molecule has 1 rings (SSSR count). The van der Waals surface area contributed by atoms with Crippen molar-refractivity contribution in [2.24, 2.45) is 0 Å². The first-order chi connectivity index (χ1) is 6.70. The lowest BCUT2D eigenvalue weighted by Gasteiger charge is -2.22. The van der Waals surface area contributed by atoms with Crippen LogP contribution in [0.4, 0.5) is 18.9 Å². The van der Waals surface area contributed by atoms with Crippen LogP contribution >= 0.6 is 0 Å². The van der Waals surface area contributed by atoms with Gasteiger partial charge in [0, 0.05) is 5.69 Å². The number of hydrogen-bond acceptors (Lipinski definition) is 1. The van der Waals surface area contributed by atoms with Crippen molar-refractivity contribution in [2.45, 2.75) is 25.8 Å². The third kappa shape index (κ3) is 3.58. The monoisotopic (exact) mass is 233 g/mol. The van der Waals surface area contributed by atoms with E-state index in [4.69, 9.17) is 0 Å². The average Bonchev–Trinajstić information content (AvgIpc) is 1.99. The summed E-state index contributed by atoms with van der Waals surface area (Å²) >= 11 is 0. The van der Waals surface area contributed by atoms with E-state index in [2.05, 4.69) is 4.98 Å². The van der Waals surface area contributed by atoms with Crippen molar-refractivity contribution in [3.63, 3.8) is 0 Å². The number of halogens is 3. The lowest BCUT2D eigenvalue weighted by molar-refractivity contribution is -0.136. The molecule has 0 spiro atoms. The van der Waals surface area contributed by atoms with Gasteiger partial charge in [-0.15, -0.1) is 0 Å². The highest BCUT2D eigenvalue weighted by Crippen LogP contribution is 2.35. The van der Waals surface area contributed by atoms with Gasteiger partial charge in [-0.05, 0) is 12.1 Å². The molecule has 1 aromatic carbocycles. The molecule has 0 amide bonds. The summed E-state index contributed by atoms with van der Waals surface area (Å²) in [7, 11) is -1.76. The molecule has 0 aliphatic heterocycles. The smallest absolute Gasteiger partial charge is 0.410 e. The summed E-state index contributed by atoms with van der Waals surface area (Å²) in [5.74, 6) is 0. The molecule has 15 heavy (non-hydrogen) atoms. The molecule has 0 unspecified atom stereocenters. The van der Waals surface area contributed by atoms with E-state index in [-0.39, 0.29) is 5.69 Å². The standard InChI is InChI=1S/C10H14F3NSi/c1-15(2,3)14-9-7-5-4-6-8(9)10(11,12)13/h4-7,14H,1-3H3. The summed E-state index contributed by atoms with van der Waals surface area (Å²) in [5.41, 5.74) is -0.406. The second-order valence-electron chi connectivity index (χ2n) is 4.42. The van der Waals surface area contributed by atoms with Gasteiger partial charge in [0.15, 0.2) is 0 Å². The summed E-state index contributed by atoms with van der Waals surface area (Å²) in [6.45, 7) is 5.88. The van der Waals surface area contributed by atoms with Gasteiger partial charge in [-0.25, -0.2) is 0 Å². The van der Waals surface area contributed by atoms with Gasteiger partial charge in [0.25, 0.3) is 0 Å². The lowest BCUT2D eigenvalue weighted by atomic mass is 10.2. The van der Waals surface area contributed by atoms with Crippen molar-refractivity contribution in [2.75, 3.05) is 4.98 Å². The van der Waals surface area contributed by atoms with E-state index in [1.807, 2.05) is 19.6 Å². The van der Waals surface area contributed by atoms with Crippen LogP contribution in [0.2, 0.25) is 19.6 Å². The van der Waals surface area contributed by atoms with Crippen molar-refractivity contribution in [3.8, 4) is 0 Å². The molecule has 0 radical (unpaired) electrons. The second kappa shape index (κ2) is 3.88. The summed E-state index contributed by atoms with van der Waals surface area (Å²) < 4.78 is 37.8. The zero-order valence-electron chi connectivity index (χ0n) is 8.94. The molecule has 1 N–H and O–H groups in total. The Morgan fingerprint density at radius 3 is 2.07 bits per heavy atom. The van der Waals surface area contributed by atoms with Gasteiger partial charge in [-0.1, -0.05) is 31.8 Å². The summed E-state index contributed by atoms with van der Waals surface area (Å²) in [6, 6.07) is 5.58. The van der Waals surface area contributed by atoms with Crippen LogP contribution in [0.1, 0.15) is 5.56 Å². The molecule has 0 aromatic heterocycles. The molecule has 0 saturated carbocycles. The van der Waals surface area contributed by atoms with Crippen LogP contribution in [-0.4, -0.2) is 8.24 Å². The van der Waals surface area contributed by atoms with Crippen LogP contribution in [0.5, 0.6) is 0 Å². The quantitative estimate of drug-likeness (QED) is 0.763. The van der Waals surface area contributed by atoms with Gasteiger partial charge >= 0.3 is 6.18 Å². The third-order valence-corrected chi connectivity index (χ3v) is 2.76. The Hall–Kier alpha value is -0.973. The predicted octanol–water partition coefficient (Wildman–Crippen LogP) is 3.95. The molecular formula is C10H14F3NSi. The predicted molar refractivity (Wildman–Crippen MR) is 58.4 cm³/mol. The average molecular weight is 233 g/mol. The second-order valence-corrected chi connectivity index (χ2v) is 9.17. The molecule has 1 nitrogen and oxygen atoms in total. The van der Waals surface area contributed by atoms with E-state index in [1.54, 1.807) is 6.07 Å². The molecule has 0 aliphatic carbocycles. The van der Waals surface area contributed by atoms with Crippen LogP contribution in [-0.2, 0) is 6.18 Å². The summed E-state index contributed by atoms with van der Waals surface area (Å²) in [5, 5.41) is 0. The third-order valence-electron chi connectivity index (χ3n) is 1.74. The Bertz CT molecular complexity index is 341. The highest BCUT2D eigenvalue weighted by Gasteiger charge is 2.33. The normalized spacial score (nSPS) is 12.7. The summed E-state index contributed by atoms with van der Waals surface area (Å²) in [4.78, 5) is 2.98. The maximum absolute atomic E-state index is 12.6. The van der Waals surface area contributed by atoms with Crippen LogP contribution in [0, 0.1) is 0 Å². The Morgan fingerprint density at radius 2 is 1.60 bits per heavy atom. The van der Waals surface area contributed by atoms with Crippen molar-refractivity contribution in [1.29, 1.82) is 0 Å². The molecule has 0 heterocycles. The molecule has 0 saturated heterocycles. The molecule has 84 valence electrons. The fourth-order valence-electron chi connectivity index (χ4n) is 1.24. The fraction of sp³-hybridized carbons (Fsp3) is 0.400. The van der Waals surface area contributed by atoms with Crippen molar-refractivity contribution in [3.05, 3.63) is 29.8 Å². The first-order valence-electron chi connectivity index (χ1n) is 4.64. The number of rotatable bonds is 2. The minimum atomic E-state index is -4.29. The first-order valence-corrected chi connectivity index (χ1v) is 8.14. The first kappa shape index (κ1) is 12.1. The number of alkyl halides is 3. The number of para-hydroxylation sites is 1. The van der Waals surface area contributed by atoms with Gasteiger partial charge in [-0.2, -0.15) is 13.2 Å². The van der Waals surface area contributed by atoms with Crippen molar-refractivity contribution in [1.82, 2.24) is 0 Å². The zero-order valence-corrected chi connectivity index (χ0v) is 9.94. The van der Waals surface area contributed by atoms with E-state index in [9.17, 15) is 13.2 Å². The number of hydrogen-bond donors (Lipinski definition) is 1. The topological polar surface area (TPSA) is 12.0 Å². The maximum Gasteiger partial charge on any atom is 0.418 e. The van der Waals surface area contributed by atoms with Crippen LogP contribution in [0.3, 0.4) is 0 Å². The fourth-order valence-corrected chi connectivity index (χ4v) is 2.27. The van der Waals surface area contributed by atoms with Gasteiger partial charge < -0.3 is 4.98 Å². The van der Waals surface area contributed by atoms with E-state index < -0.39 is 20.0 Å². The largest absolute Gasteiger partial charge is 0.418 e. The van der Waals surface area contributed by atoms with Gasteiger partial charge in [0.2, 0.25) is 0 Å². The van der Waals surface area contributed by atoms with E-state index in [1.165, 1.54) is 12.1 Å². The van der Waals surface area contributed by atoms with Crippen LogP contribution < -0.4 is 4.98 Å². The molecule has 0 aliphatic rings. The number of nitrogens with one attached hydrogen (secondary N) is 1. The van der Waals surface area contributed by atoms with Crippen LogP contribution in [0.25, 0.3) is 0 Å². The molecule has 5 heteroatoms. The van der Waals surface area contributed by atoms with Gasteiger partial charge in [0.05, 0.1) is 5.56 Å². The minimum Gasteiger partial charge on any atom is -0.410 e. The number of anilines is 1. The number of benzene rings is 1. The Balaban J connectivity index is 3.08. The highest BCUT2D eigenvalue weighted by atomic mass is 28.3. The SMILES string of the molecule is C[Si](C)(C)Nc1ccccc1C(F)(F)F. The minimum absolute atomic E-state index is 0.184. The van der Waals surface area contributed by atoms with Crippen molar-refractivity contribution < 1.29 is 13.2 Å². The van der Waals surface area contributed by atoms with E-state index in [0.29, 0.717) is 0 Å².